The van der Waals surface area contributed by atoms with Gasteiger partial charge in [0.25, 0.3) is 11.8 Å². The third-order valence-electron chi connectivity index (χ3n) is 4.41. The summed E-state index contributed by atoms with van der Waals surface area (Å²) in [4.78, 5) is 35.7. The normalized spacial score (nSPS) is 12.3. The number of benzene rings is 2. The van der Waals surface area contributed by atoms with Gasteiger partial charge in [0.1, 0.15) is 24.5 Å². The second kappa shape index (κ2) is 8.16. The standard InChI is InChI=1S/C21H18N2O7/c1-12-8-20(25)30-17-10-14(3-4-15(12)17)29-11-19(24)22-23-21(26)13-2-5-16-18(9-13)28-7-6-27-16/h2-5,8-10H,6-7,11H2,1H3,(H,22,24)(H,23,26). The Kier molecular flexibility index (Phi) is 5.25. The van der Waals surface area contributed by atoms with E-state index in [2.05, 4.69) is 10.9 Å². The van der Waals surface area contributed by atoms with Crippen LogP contribution in [0.3, 0.4) is 0 Å². The first-order valence-electron chi connectivity index (χ1n) is 9.16. The third kappa shape index (κ3) is 4.19. The van der Waals surface area contributed by atoms with Gasteiger partial charge in [0, 0.05) is 23.1 Å². The number of fused-ring (bicyclic) bond motifs is 2. The Morgan fingerprint density at radius 2 is 1.80 bits per heavy atom. The predicted octanol–water partition coefficient (Wildman–Crippen LogP) is 1.71. The maximum Gasteiger partial charge on any atom is 0.336 e. The monoisotopic (exact) mass is 410 g/mol. The van der Waals surface area contributed by atoms with Gasteiger partial charge in [-0.2, -0.15) is 0 Å². The van der Waals surface area contributed by atoms with Crippen molar-refractivity contribution in [3.8, 4) is 17.2 Å². The van der Waals surface area contributed by atoms with Crippen molar-refractivity contribution in [1.29, 1.82) is 0 Å². The molecule has 0 bridgehead atoms. The van der Waals surface area contributed by atoms with Crippen molar-refractivity contribution in [2.45, 2.75) is 6.92 Å². The van der Waals surface area contributed by atoms with Gasteiger partial charge in [0.2, 0.25) is 0 Å². The summed E-state index contributed by atoms with van der Waals surface area (Å²) < 4.78 is 21.4. The van der Waals surface area contributed by atoms with E-state index in [1.165, 1.54) is 18.2 Å². The molecular formula is C21H18N2O7. The van der Waals surface area contributed by atoms with Crippen LogP contribution in [0.2, 0.25) is 0 Å². The molecule has 2 aromatic carbocycles. The Morgan fingerprint density at radius 1 is 1.00 bits per heavy atom. The number of hydrogen-bond acceptors (Lipinski definition) is 7. The molecule has 0 aliphatic carbocycles. The van der Waals surface area contributed by atoms with Gasteiger partial charge in [0.15, 0.2) is 18.1 Å². The topological polar surface area (TPSA) is 116 Å². The van der Waals surface area contributed by atoms with Crippen LogP contribution >= 0.6 is 0 Å². The van der Waals surface area contributed by atoms with E-state index < -0.39 is 17.4 Å². The number of nitrogens with one attached hydrogen (secondary N) is 2. The van der Waals surface area contributed by atoms with Crippen LogP contribution < -0.4 is 30.7 Å². The number of amides is 2. The highest BCUT2D eigenvalue weighted by atomic mass is 16.6. The molecule has 0 atom stereocenters. The molecule has 0 saturated carbocycles. The van der Waals surface area contributed by atoms with Crippen LogP contribution in [0.1, 0.15) is 15.9 Å². The summed E-state index contributed by atoms with van der Waals surface area (Å²) in [6.07, 6.45) is 0. The van der Waals surface area contributed by atoms with Crippen LogP contribution in [0.5, 0.6) is 17.2 Å². The minimum absolute atomic E-state index is 0.306. The summed E-state index contributed by atoms with van der Waals surface area (Å²) in [6.45, 7) is 2.32. The third-order valence-corrected chi connectivity index (χ3v) is 4.41. The van der Waals surface area contributed by atoms with E-state index in [9.17, 15) is 14.4 Å². The van der Waals surface area contributed by atoms with Crippen molar-refractivity contribution in [3.63, 3.8) is 0 Å². The fourth-order valence-corrected chi connectivity index (χ4v) is 2.96. The number of rotatable bonds is 4. The van der Waals surface area contributed by atoms with Crippen LogP contribution in [0, 0.1) is 6.92 Å². The first-order chi connectivity index (χ1) is 14.5. The molecular weight excluding hydrogens is 392 g/mol. The second-order valence-corrected chi connectivity index (χ2v) is 6.56. The van der Waals surface area contributed by atoms with Crippen molar-refractivity contribution >= 4 is 22.8 Å². The number of carbonyl (C=O) groups is 2. The van der Waals surface area contributed by atoms with E-state index >= 15 is 0 Å². The Bertz CT molecular complexity index is 1190. The van der Waals surface area contributed by atoms with E-state index in [1.807, 2.05) is 0 Å². The van der Waals surface area contributed by atoms with Gasteiger partial charge in [-0.15, -0.1) is 0 Å². The van der Waals surface area contributed by atoms with Gasteiger partial charge >= 0.3 is 5.63 Å². The SMILES string of the molecule is Cc1cc(=O)oc2cc(OCC(=O)NNC(=O)c3ccc4c(c3)OCCO4)ccc12. The molecule has 0 spiro atoms. The number of hydrazine groups is 1. The minimum Gasteiger partial charge on any atom is -0.486 e. The number of carbonyl (C=O) groups excluding carboxylic acids is 2. The van der Waals surface area contributed by atoms with E-state index in [4.69, 9.17) is 18.6 Å². The Balaban J connectivity index is 1.32. The molecule has 0 fully saturated rings. The number of ether oxygens (including phenoxy) is 3. The predicted molar refractivity (Wildman–Crippen MR) is 106 cm³/mol. The summed E-state index contributed by atoms with van der Waals surface area (Å²) in [5.41, 5.74) is 5.58. The molecule has 2 N–H and O–H groups in total. The molecule has 9 nitrogen and oxygen atoms in total. The highest BCUT2D eigenvalue weighted by molar-refractivity contribution is 5.96. The molecule has 154 valence electrons. The van der Waals surface area contributed by atoms with Crippen molar-refractivity contribution < 1.29 is 28.2 Å². The lowest BCUT2D eigenvalue weighted by Crippen LogP contribution is -2.43. The lowest BCUT2D eigenvalue weighted by molar-refractivity contribution is -0.123. The zero-order chi connectivity index (χ0) is 21.1. The van der Waals surface area contributed by atoms with Crippen molar-refractivity contribution in [2.24, 2.45) is 0 Å². The van der Waals surface area contributed by atoms with Gasteiger partial charge in [-0.3, -0.25) is 20.4 Å². The molecule has 1 aliphatic rings. The van der Waals surface area contributed by atoms with Gasteiger partial charge in [-0.25, -0.2) is 4.79 Å². The first kappa shape index (κ1) is 19.3. The van der Waals surface area contributed by atoms with E-state index in [0.717, 1.165) is 10.9 Å². The minimum atomic E-state index is -0.563. The van der Waals surface area contributed by atoms with E-state index in [0.29, 0.717) is 41.6 Å². The smallest absolute Gasteiger partial charge is 0.336 e. The molecule has 2 heterocycles. The zero-order valence-corrected chi connectivity index (χ0v) is 16.0. The van der Waals surface area contributed by atoms with Crippen LogP contribution in [0.4, 0.5) is 0 Å². The molecule has 4 rings (SSSR count). The van der Waals surface area contributed by atoms with E-state index in [1.54, 1.807) is 31.2 Å². The van der Waals surface area contributed by atoms with Gasteiger partial charge in [-0.05, 0) is 42.8 Å². The molecule has 0 saturated heterocycles. The van der Waals surface area contributed by atoms with Gasteiger partial charge in [0.05, 0.1) is 0 Å². The molecule has 2 amide bonds. The second-order valence-electron chi connectivity index (χ2n) is 6.56. The van der Waals surface area contributed by atoms with Crippen molar-refractivity contribution in [1.82, 2.24) is 10.9 Å². The maximum absolute atomic E-state index is 12.2. The molecule has 9 heteroatoms. The molecule has 1 aliphatic heterocycles. The molecule has 0 radical (unpaired) electrons. The fourth-order valence-electron chi connectivity index (χ4n) is 2.96. The van der Waals surface area contributed by atoms with Gasteiger partial charge in [-0.1, -0.05) is 0 Å². The van der Waals surface area contributed by atoms with Crippen LogP contribution in [0.15, 0.2) is 51.7 Å². The largest absolute Gasteiger partial charge is 0.486 e. The fraction of sp³-hybridized carbons (Fsp3) is 0.190. The quantitative estimate of drug-likeness (QED) is 0.497. The summed E-state index contributed by atoms with van der Waals surface area (Å²) in [6, 6.07) is 11.1. The highest BCUT2D eigenvalue weighted by Gasteiger charge is 2.15. The van der Waals surface area contributed by atoms with Gasteiger partial charge < -0.3 is 18.6 Å². The summed E-state index contributed by atoms with van der Waals surface area (Å²) in [7, 11) is 0. The Hall–Kier alpha value is -4.01. The summed E-state index contributed by atoms with van der Waals surface area (Å²) in [5, 5.41) is 0.776. The highest BCUT2D eigenvalue weighted by Crippen LogP contribution is 2.30. The van der Waals surface area contributed by atoms with Crippen molar-refractivity contribution in [3.05, 3.63) is 64.0 Å². The van der Waals surface area contributed by atoms with Crippen LogP contribution in [-0.4, -0.2) is 31.6 Å². The Labute approximate surface area is 170 Å². The lowest BCUT2D eigenvalue weighted by Gasteiger charge is -2.18. The zero-order valence-electron chi connectivity index (χ0n) is 16.0. The molecule has 1 aromatic heterocycles. The molecule has 30 heavy (non-hydrogen) atoms. The number of hydrogen-bond donors (Lipinski definition) is 2. The van der Waals surface area contributed by atoms with Crippen LogP contribution in [0.25, 0.3) is 11.0 Å². The maximum atomic E-state index is 12.2. The molecule has 3 aromatic rings. The van der Waals surface area contributed by atoms with Crippen LogP contribution in [-0.2, 0) is 4.79 Å². The summed E-state index contributed by atoms with van der Waals surface area (Å²) in [5.74, 6) is 0.318. The number of aryl methyl sites for hydroxylation is 1. The lowest BCUT2D eigenvalue weighted by atomic mass is 10.1. The van der Waals surface area contributed by atoms with Crippen molar-refractivity contribution in [2.75, 3.05) is 19.8 Å². The molecule has 0 unspecified atom stereocenters. The summed E-state index contributed by atoms with van der Waals surface area (Å²) >= 11 is 0. The average molecular weight is 410 g/mol. The first-order valence-corrected chi connectivity index (χ1v) is 9.16. The average Bonchev–Trinajstić information content (AvgIpc) is 2.75. The Morgan fingerprint density at radius 3 is 2.63 bits per heavy atom. The van der Waals surface area contributed by atoms with E-state index in [-0.39, 0.29) is 6.61 Å².